The predicted molar refractivity (Wildman–Crippen MR) is 110 cm³/mol. The zero-order chi connectivity index (χ0) is 21.1. The Morgan fingerprint density at radius 2 is 1.93 bits per heavy atom. The Morgan fingerprint density at radius 3 is 2.59 bits per heavy atom. The SMILES string of the molecule is C[C@@H](CO)CC(=O)c1cc(-c2ccc(Cl)c(Cl)c2)nn(-c2cccc(F)c2)c1=O. The third-order valence-electron chi connectivity index (χ3n) is 4.33. The summed E-state index contributed by atoms with van der Waals surface area (Å²) < 4.78 is 14.7. The molecule has 0 spiro atoms. The van der Waals surface area contributed by atoms with Crippen molar-refractivity contribution in [2.45, 2.75) is 13.3 Å². The van der Waals surface area contributed by atoms with Crippen LogP contribution in [-0.4, -0.2) is 27.3 Å². The molecular weight excluding hydrogens is 418 g/mol. The van der Waals surface area contributed by atoms with Crippen molar-refractivity contribution >= 4 is 29.0 Å². The zero-order valence-corrected chi connectivity index (χ0v) is 16.9. The minimum absolute atomic E-state index is 0.0142. The van der Waals surface area contributed by atoms with E-state index in [4.69, 9.17) is 23.2 Å². The average molecular weight is 435 g/mol. The number of carbonyl (C=O) groups is 1. The summed E-state index contributed by atoms with van der Waals surface area (Å²) in [4.78, 5) is 25.7. The quantitative estimate of drug-likeness (QED) is 0.577. The minimum Gasteiger partial charge on any atom is -0.396 e. The van der Waals surface area contributed by atoms with Gasteiger partial charge in [0.15, 0.2) is 5.78 Å². The van der Waals surface area contributed by atoms with Crippen molar-refractivity contribution < 1.29 is 14.3 Å². The number of rotatable bonds is 6. The number of hydrogen-bond acceptors (Lipinski definition) is 4. The molecule has 0 aliphatic rings. The Bertz CT molecular complexity index is 1130. The Kier molecular flexibility index (Phi) is 6.47. The molecule has 1 aromatic heterocycles. The molecule has 0 aliphatic carbocycles. The van der Waals surface area contributed by atoms with Gasteiger partial charge in [-0.3, -0.25) is 9.59 Å². The molecule has 5 nitrogen and oxygen atoms in total. The summed E-state index contributed by atoms with van der Waals surface area (Å²) in [6, 6.07) is 11.5. The number of ketones is 1. The molecular formula is C21H17Cl2FN2O3. The zero-order valence-electron chi connectivity index (χ0n) is 15.4. The van der Waals surface area contributed by atoms with Crippen LogP contribution in [0.4, 0.5) is 4.39 Å². The number of aliphatic hydroxyl groups is 1. The highest BCUT2D eigenvalue weighted by Crippen LogP contribution is 2.28. The number of carbonyl (C=O) groups excluding carboxylic acids is 1. The van der Waals surface area contributed by atoms with Crippen molar-refractivity contribution in [3.63, 3.8) is 0 Å². The lowest BCUT2D eigenvalue weighted by atomic mass is 10.00. The summed E-state index contributed by atoms with van der Waals surface area (Å²) in [5.74, 6) is -1.30. The molecule has 150 valence electrons. The first kappa shape index (κ1) is 21.2. The third kappa shape index (κ3) is 4.72. The largest absolute Gasteiger partial charge is 0.396 e. The van der Waals surface area contributed by atoms with Crippen LogP contribution in [0.5, 0.6) is 0 Å². The van der Waals surface area contributed by atoms with Gasteiger partial charge in [-0.05, 0) is 42.3 Å². The van der Waals surface area contributed by atoms with E-state index in [0.29, 0.717) is 16.3 Å². The van der Waals surface area contributed by atoms with Crippen LogP contribution in [-0.2, 0) is 0 Å². The molecule has 0 unspecified atom stereocenters. The number of aromatic nitrogens is 2. The van der Waals surface area contributed by atoms with Crippen molar-refractivity contribution in [2.75, 3.05) is 6.61 Å². The van der Waals surface area contributed by atoms with E-state index < -0.39 is 17.2 Å². The molecule has 1 atom stereocenters. The summed E-state index contributed by atoms with van der Waals surface area (Å²) in [5.41, 5.74) is 0.239. The molecule has 0 fully saturated rings. The van der Waals surface area contributed by atoms with E-state index in [1.54, 1.807) is 25.1 Å². The van der Waals surface area contributed by atoms with Crippen molar-refractivity contribution in [2.24, 2.45) is 5.92 Å². The van der Waals surface area contributed by atoms with Crippen LogP contribution < -0.4 is 5.56 Å². The van der Waals surface area contributed by atoms with Crippen molar-refractivity contribution in [1.82, 2.24) is 9.78 Å². The van der Waals surface area contributed by atoms with Crippen LogP contribution in [0.2, 0.25) is 10.0 Å². The lowest BCUT2D eigenvalue weighted by molar-refractivity contribution is 0.0941. The van der Waals surface area contributed by atoms with Gasteiger partial charge in [-0.25, -0.2) is 4.39 Å². The van der Waals surface area contributed by atoms with Crippen LogP contribution in [0.25, 0.3) is 16.9 Å². The third-order valence-corrected chi connectivity index (χ3v) is 5.06. The summed E-state index contributed by atoms with van der Waals surface area (Å²) in [7, 11) is 0. The molecule has 0 amide bonds. The van der Waals surface area contributed by atoms with E-state index in [2.05, 4.69) is 5.10 Å². The fourth-order valence-corrected chi connectivity index (χ4v) is 3.06. The first-order valence-electron chi connectivity index (χ1n) is 8.80. The van der Waals surface area contributed by atoms with Gasteiger partial charge in [0.25, 0.3) is 5.56 Å². The predicted octanol–water partition coefficient (Wildman–Crippen LogP) is 4.55. The topological polar surface area (TPSA) is 72.2 Å². The summed E-state index contributed by atoms with van der Waals surface area (Å²) in [5, 5.41) is 14.2. The number of halogens is 3. The number of Topliss-reactive ketones (excluding diaryl/α,β-unsaturated/α-hetero) is 1. The summed E-state index contributed by atoms with van der Waals surface area (Å²) in [6.45, 7) is 1.51. The standard InChI is InChI=1S/C21H17Cl2FN2O3/c1-12(11-27)7-20(28)16-10-19(13-5-6-17(22)18(23)8-13)25-26(21(16)29)15-4-2-3-14(24)9-15/h2-6,8-10,12,27H,7,11H2,1H3/t12-/m1/s1. The van der Waals surface area contributed by atoms with Crippen molar-refractivity contribution in [1.29, 1.82) is 0 Å². The molecule has 0 saturated heterocycles. The molecule has 0 saturated carbocycles. The maximum Gasteiger partial charge on any atom is 0.282 e. The summed E-state index contributed by atoms with van der Waals surface area (Å²) in [6.07, 6.45) is -0.0142. The molecule has 1 heterocycles. The van der Waals surface area contributed by atoms with Gasteiger partial charge in [-0.15, -0.1) is 0 Å². The van der Waals surface area contributed by atoms with Crippen LogP contribution in [0.3, 0.4) is 0 Å². The van der Waals surface area contributed by atoms with Gasteiger partial charge in [0.2, 0.25) is 0 Å². The minimum atomic E-state index is -0.672. The molecule has 0 bridgehead atoms. The first-order valence-corrected chi connectivity index (χ1v) is 9.55. The maximum absolute atomic E-state index is 13.7. The Labute approximate surface area is 176 Å². The molecule has 3 aromatic rings. The Balaban J connectivity index is 2.22. The molecule has 3 rings (SSSR count). The van der Waals surface area contributed by atoms with Gasteiger partial charge in [-0.2, -0.15) is 9.78 Å². The van der Waals surface area contributed by atoms with Crippen molar-refractivity contribution in [3.05, 3.63) is 80.3 Å². The van der Waals surface area contributed by atoms with Crippen molar-refractivity contribution in [3.8, 4) is 16.9 Å². The van der Waals surface area contributed by atoms with Gasteiger partial charge >= 0.3 is 0 Å². The molecule has 0 radical (unpaired) electrons. The maximum atomic E-state index is 13.7. The van der Waals surface area contributed by atoms with Crippen LogP contribution in [0.15, 0.2) is 53.3 Å². The Morgan fingerprint density at radius 1 is 1.17 bits per heavy atom. The second kappa shape index (κ2) is 8.86. The van der Waals surface area contributed by atoms with E-state index in [1.807, 2.05) is 0 Å². The highest BCUT2D eigenvalue weighted by atomic mass is 35.5. The first-order chi connectivity index (χ1) is 13.8. The lowest BCUT2D eigenvalue weighted by Crippen LogP contribution is -2.28. The van der Waals surface area contributed by atoms with E-state index in [1.165, 1.54) is 24.3 Å². The number of hydrogen-bond donors (Lipinski definition) is 1. The molecule has 1 N–H and O–H groups in total. The normalized spacial score (nSPS) is 12.0. The van der Waals surface area contributed by atoms with Gasteiger partial charge in [0.1, 0.15) is 5.82 Å². The van der Waals surface area contributed by atoms with Crippen LogP contribution >= 0.6 is 23.2 Å². The molecule has 29 heavy (non-hydrogen) atoms. The number of benzene rings is 2. The molecule has 8 heteroatoms. The Hall–Kier alpha value is -2.54. The lowest BCUT2D eigenvalue weighted by Gasteiger charge is -2.12. The van der Waals surface area contributed by atoms with Gasteiger partial charge in [0, 0.05) is 18.6 Å². The van der Waals surface area contributed by atoms with E-state index in [0.717, 1.165) is 10.7 Å². The van der Waals surface area contributed by atoms with Gasteiger partial charge in [-0.1, -0.05) is 42.3 Å². The second-order valence-corrected chi connectivity index (χ2v) is 7.50. The molecule has 0 aliphatic heterocycles. The van der Waals surface area contributed by atoms with Crippen LogP contribution in [0, 0.1) is 11.7 Å². The van der Waals surface area contributed by atoms with Gasteiger partial charge in [0.05, 0.1) is 27.0 Å². The number of nitrogens with zero attached hydrogens (tertiary/aromatic N) is 2. The van der Waals surface area contributed by atoms with Crippen LogP contribution in [0.1, 0.15) is 23.7 Å². The summed E-state index contributed by atoms with van der Waals surface area (Å²) >= 11 is 12.1. The monoisotopic (exact) mass is 434 g/mol. The van der Waals surface area contributed by atoms with E-state index in [9.17, 15) is 19.1 Å². The highest BCUT2D eigenvalue weighted by molar-refractivity contribution is 6.42. The smallest absolute Gasteiger partial charge is 0.282 e. The fourth-order valence-electron chi connectivity index (χ4n) is 2.76. The van der Waals surface area contributed by atoms with E-state index in [-0.39, 0.29) is 35.2 Å². The number of aliphatic hydroxyl groups excluding tert-OH is 1. The molecule has 2 aromatic carbocycles. The fraction of sp³-hybridized carbons (Fsp3) is 0.190. The average Bonchev–Trinajstić information content (AvgIpc) is 2.70. The van der Waals surface area contributed by atoms with Gasteiger partial charge < -0.3 is 5.11 Å². The van der Waals surface area contributed by atoms with E-state index >= 15 is 0 Å². The second-order valence-electron chi connectivity index (χ2n) is 6.68. The highest BCUT2D eigenvalue weighted by Gasteiger charge is 2.19.